The maximum Gasteiger partial charge on any atom is 0.474 e. The fourth-order valence-corrected chi connectivity index (χ4v) is 2.10. The molecule has 0 bridgehead atoms. The van der Waals surface area contributed by atoms with Gasteiger partial charge in [-0.05, 0) is 23.8 Å². The summed E-state index contributed by atoms with van der Waals surface area (Å²) in [5.41, 5.74) is 2.01. The highest BCUT2D eigenvalue weighted by Gasteiger charge is 2.32. The average molecular weight is 258 g/mol. The summed E-state index contributed by atoms with van der Waals surface area (Å²) in [6.45, 7) is 0. The molecule has 88 valence electrons. The molecule has 0 atom stereocenters. The van der Waals surface area contributed by atoms with Gasteiger partial charge in [-0.3, -0.25) is 9.90 Å². The molecule has 0 aromatic carbocycles. The van der Waals surface area contributed by atoms with Gasteiger partial charge in [0.2, 0.25) is 0 Å². The third kappa shape index (κ3) is 1.75. The first-order chi connectivity index (χ1) is 8.77. The Morgan fingerprint density at radius 1 is 1.28 bits per heavy atom. The molecule has 7 heteroatoms. The molecule has 3 heterocycles. The van der Waals surface area contributed by atoms with Gasteiger partial charge in [-0.15, -0.1) is 0 Å². The number of hydrazone groups is 1. The van der Waals surface area contributed by atoms with E-state index in [1.54, 1.807) is 36.9 Å². The molecular weight excluding hydrogens is 250 g/mol. The van der Waals surface area contributed by atoms with Crippen molar-refractivity contribution in [2.24, 2.45) is 5.10 Å². The molecule has 1 N–H and O–H groups in total. The van der Waals surface area contributed by atoms with Crippen molar-refractivity contribution in [2.45, 2.75) is 0 Å². The number of anilines is 1. The standard InChI is InChI=1S/C11H8BClN4O/c13-11-10-8(3-5-15-11)6-16-17(12(10)18)9-2-1-4-14-7-9/h1-7,18H. The lowest BCUT2D eigenvalue weighted by Gasteiger charge is -2.26. The van der Waals surface area contributed by atoms with Gasteiger partial charge in [-0.25, -0.2) is 4.98 Å². The minimum Gasteiger partial charge on any atom is -0.427 e. The van der Waals surface area contributed by atoms with Crippen molar-refractivity contribution in [2.75, 3.05) is 4.92 Å². The number of halogens is 1. The van der Waals surface area contributed by atoms with E-state index in [0.29, 0.717) is 11.2 Å². The Balaban J connectivity index is 2.07. The van der Waals surface area contributed by atoms with Crippen LogP contribution in [0.25, 0.3) is 0 Å². The fourth-order valence-electron chi connectivity index (χ4n) is 1.84. The van der Waals surface area contributed by atoms with Crippen molar-refractivity contribution < 1.29 is 5.02 Å². The molecule has 1 aliphatic rings. The number of hydrogen-bond donors (Lipinski definition) is 1. The van der Waals surface area contributed by atoms with Crippen molar-refractivity contribution in [3.8, 4) is 0 Å². The number of pyridine rings is 2. The van der Waals surface area contributed by atoms with Crippen molar-refractivity contribution >= 4 is 36.0 Å². The molecule has 5 nitrogen and oxygen atoms in total. The van der Waals surface area contributed by atoms with Crippen LogP contribution in [-0.2, 0) is 0 Å². The van der Waals surface area contributed by atoms with Crippen LogP contribution in [-0.4, -0.2) is 28.3 Å². The monoisotopic (exact) mass is 258 g/mol. The quantitative estimate of drug-likeness (QED) is 0.603. The second kappa shape index (κ2) is 4.40. The summed E-state index contributed by atoms with van der Waals surface area (Å²) in [6, 6.07) is 5.34. The van der Waals surface area contributed by atoms with Gasteiger partial charge in [0.25, 0.3) is 0 Å². The zero-order valence-corrected chi connectivity index (χ0v) is 9.99. The SMILES string of the molecule is OB1c2c(ccnc2Cl)C=NN1c1cccnc1. The molecule has 0 radical (unpaired) electrons. The van der Waals surface area contributed by atoms with Gasteiger partial charge in [0.05, 0.1) is 18.1 Å². The average Bonchev–Trinajstić information content (AvgIpc) is 2.40. The highest BCUT2D eigenvalue weighted by atomic mass is 35.5. The zero-order chi connectivity index (χ0) is 12.5. The first-order valence-corrected chi connectivity index (χ1v) is 5.71. The Bertz CT molecular complexity index is 607. The Morgan fingerprint density at radius 2 is 2.17 bits per heavy atom. The lowest BCUT2D eigenvalue weighted by atomic mass is 9.70. The summed E-state index contributed by atoms with van der Waals surface area (Å²) in [5, 5.41) is 14.8. The van der Waals surface area contributed by atoms with Crippen molar-refractivity contribution in [3.63, 3.8) is 0 Å². The summed E-state index contributed by atoms with van der Waals surface area (Å²) in [5.74, 6) is 0. The van der Waals surface area contributed by atoms with E-state index in [2.05, 4.69) is 15.1 Å². The minimum absolute atomic E-state index is 0.278. The van der Waals surface area contributed by atoms with Crippen LogP contribution < -0.4 is 10.4 Å². The first-order valence-electron chi connectivity index (χ1n) is 5.33. The second-order valence-corrected chi connectivity index (χ2v) is 4.14. The highest BCUT2D eigenvalue weighted by molar-refractivity contribution is 6.74. The summed E-state index contributed by atoms with van der Waals surface area (Å²) in [4.78, 5) is 9.42. The predicted octanol–water partition coefficient (Wildman–Crippen LogP) is 0.672. The minimum atomic E-state index is -0.963. The van der Waals surface area contributed by atoms with Crippen LogP contribution in [0.5, 0.6) is 0 Å². The number of rotatable bonds is 1. The second-order valence-electron chi connectivity index (χ2n) is 3.78. The molecule has 2 aromatic rings. The fraction of sp³-hybridized carbons (Fsp3) is 0. The number of fused-ring (bicyclic) bond motifs is 1. The van der Waals surface area contributed by atoms with Gasteiger partial charge in [0.1, 0.15) is 5.15 Å². The molecule has 0 saturated heterocycles. The molecule has 0 saturated carbocycles. The molecule has 1 aliphatic heterocycles. The third-order valence-electron chi connectivity index (χ3n) is 2.70. The normalized spacial score (nSPS) is 13.7. The smallest absolute Gasteiger partial charge is 0.427 e. The van der Waals surface area contributed by atoms with E-state index in [0.717, 1.165) is 5.56 Å². The van der Waals surface area contributed by atoms with Crippen molar-refractivity contribution in [3.05, 3.63) is 47.5 Å². The third-order valence-corrected chi connectivity index (χ3v) is 3.00. The van der Waals surface area contributed by atoms with E-state index in [1.807, 2.05) is 6.07 Å². The maximum atomic E-state index is 10.3. The van der Waals surface area contributed by atoms with E-state index >= 15 is 0 Å². The highest BCUT2D eigenvalue weighted by Crippen LogP contribution is 2.18. The van der Waals surface area contributed by atoms with Crippen molar-refractivity contribution in [1.82, 2.24) is 9.97 Å². The first kappa shape index (κ1) is 11.2. The molecule has 18 heavy (non-hydrogen) atoms. The van der Waals surface area contributed by atoms with Crippen LogP contribution in [0.3, 0.4) is 0 Å². The van der Waals surface area contributed by atoms with Crippen LogP contribution in [0.1, 0.15) is 5.56 Å². The topological polar surface area (TPSA) is 61.6 Å². The van der Waals surface area contributed by atoms with Gasteiger partial charge in [-0.2, -0.15) is 5.10 Å². The van der Waals surface area contributed by atoms with E-state index < -0.39 is 7.05 Å². The largest absolute Gasteiger partial charge is 0.474 e. The predicted molar refractivity (Wildman–Crippen MR) is 71.2 cm³/mol. The molecule has 0 spiro atoms. The Labute approximate surface area is 109 Å². The molecule has 3 rings (SSSR count). The Morgan fingerprint density at radius 3 is 2.94 bits per heavy atom. The van der Waals surface area contributed by atoms with E-state index in [-0.39, 0.29) is 5.15 Å². The summed E-state index contributed by atoms with van der Waals surface area (Å²) in [6.07, 6.45) is 6.50. The maximum absolute atomic E-state index is 10.3. The van der Waals surface area contributed by atoms with Gasteiger partial charge in [-0.1, -0.05) is 11.6 Å². The van der Waals surface area contributed by atoms with Gasteiger partial charge in [0, 0.05) is 17.9 Å². The molecule has 0 unspecified atom stereocenters. The molecule has 2 aromatic heterocycles. The van der Waals surface area contributed by atoms with Crippen LogP contribution in [0.15, 0.2) is 41.9 Å². The van der Waals surface area contributed by atoms with Gasteiger partial charge < -0.3 is 5.02 Å². The molecule has 0 amide bonds. The van der Waals surface area contributed by atoms with Crippen molar-refractivity contribution in [1.29, 1.82) is 0 Å². The van der Waals surface area contributed by atoms with Crippen LogP contribution in [0.2, 0.25) is 5.15 Å². The molecular formula is C11H8BClN4O. The Kier molecular flexibility index (Phi) is 2.73. The van der Waals surface area contributed by atoms with Gasteiger partial charge >= 0.3 is 7.05 Å². The summed E-state index contributed by atoms with van der Waals surface area (Å²) < 4.78 is 0. The lowest BCUT2D eigenvalue weighted by Crippen LogP contribution is -2.51. The summed E-state index contributed by atoms with van der Waals surface area (Å²) >= 11 is 6.01. The van der Waals surface area contributed by atoms with E-state index in [4.69, 9.17) is 11.6 Å². The molecule has 0 fully saturated rings. The zero-order valence-electron chi connectivity index (χ0n) is 9.23. The number of nitrogens with zero attached hydrogens (tertiary/aromatic N) is 4. The molecule has 0 aliphatic carbocycles. The van der Waals surface area contributed by atoms with E-state index in [1.165, 1.54) is 4.92 Å². The number of hydrogen-bond acceptors (Lipinski definition) is 5. The Hall–Kier alpha value is -1.92. The van der Waals surface area contributed by atoms with E-state index in [9.17, 15) is 5.02 Å². The number of aromatic nitrogens is 2. The van der Waals surface area contributed by atoms with Crippen LogP contribution >= 0.6 is 11.6 Å². The summed E-state index contributed by atoms with van der Waals surface area (Å²) in [7, 11) is -0.963. The van der Waals surface area contributed by atoms with Gasteiger partial charge in [0.15, 0.2) is 0 Å². The lowest BCUT2D eigenvalue weighted by molar-refractivity contribution is 0.578. The van der Waals surface area contributed by atoms with Crippen LogP contribution in [0.4, 0.5) is 5.69 Å². The van der Waals surface area contributed by atoms with Crippen LogP contribution in [0, 0.1) is 0 Å².